The van der Waals surface area contributed by atoms with E-state index in [0.717, 1.165) is 12.8 Å². The van der Waals surface area contributed by atoms with E-state index in [0.29, 0.717) is 13.1 Å². The van der Waals surface area contributed by atoms with Crippen LogP contribution in [0.4, 0.5) is 0 Å². The Labute approximate surface area is 161 Å². The maximum atomic E-state index is 12.6. The zero-order valence-electron chi connectivity index (χ0n) is 14.2. The Kier molecular flexibility index (Phi) is 5.73. The highest BCUT2D eigenvalue weighted by Gasteiger charge is 2.28. The molecule has 8 nitrogen and oxygen atoms in total. The lowest BCUT2D eigenvalue weighted by Gasteiger charge is -2.16. The Morgan fingerprint density at radius 3 is 2.44 bits per heavy atom. The molecule has 142 valence electrons. The molecule has 0 spiro atoms. The fourth-order valence-corrected chi connectivity index (χ4v) is 4.41. The summed E-state index contributed by atoms with van der Waals surface area (Å²) in [6.45, 7) is 0.904. The predicted molar refractivity (Wildman–Crippen MR) is 98.6 cm³/mol. The Morgan fingerprint density at radius 1 is 1.07 bits per heavy atom. The van der Waals surface area contributed by atoms with Gasteiger partial charge in [0.15, 0.2) is 0 Å². The van der Waals surface area contributed by atoms with Crippen molar-refractivity contribution in [2.75, 3.05) is 13.1 Å². The number of pyridine rings is 1. The molecule has 1 aromatic carbocycles. The first-order valence-electron chi connectivity index (χ1n) is 8.20. The van der Waals surface area contributed by atoms with Crippen LogP contribution in [0.2, 0.25) is 5.02 Å². The van der Waals surface area contributed by atoms with Gasteiger partial charge in [-0.15, -0.1) is 0 Å². The van der Waals surface area contributed by atoms with E-state index in [4.69, 9.17) is 11.6 Å². The fourth-order valence-electron chi connectivity index (χ4n) is 2.67. The Balaban J connectivity index is 1.76. The van der Waals surface area contributed by atoms with Gasteiger partial charge in [0.2, 0.25) is 10.0 Å². The lowest BCUT2D eigenvalue weighted by molar-refractivity contribution is 0.0846. The second kappa shape index (κ2) is 8.03. The number of nitrogens with zero attached hydrogens (tertiary/aromatic N) is 2. The number of hydrogen-bond acceptors (Lipinski definition) is 5. The number of nitrogens with one attached hydrogen (secondary N) is 2. The number of hydrazine groups is 1. The Hall–Kier alpha value is -2.49. The summed E-state index contributed by atoms with van der Waals surface area (Å²) in [5.41, 5.74) is 4.67. The fraction of sp³-hybridized carbons (Fsp3) is 0.235. The van der Waals surface area contributed by atoms with Gasteiger partial charge in [-0.1, -0.05) is 11.6 Å². The van der Waals surface area contributed by atoms with E-state index in [1.807, 2.05) is 0 Å². The van der Waals surface area contributed by atoms with Crippen LogP contribution in [0.25, 0.3) is 0 Å². The average molecular weight is 409 g/mol. The molecule has 10 heteroatoms. The van der Waals surface area contributed by atoms with Gasteiger partial charge in [0.05, 0.1) is 21.0 Å². The molecule has 2 heterocycles. The minimum Gasteiger partial charge on any atom is -0.267 e. The minimum atomic E-state index is -3.69. The highest BCUT2D eigenvalue weighted by atomic mass is 35.5. The van der Waals surface area contributed by atoms with Gasteiger partial charge in [-0.3, -0.25) is 25.4 Å². The van der Waals surface area contributed by atoms with Crippen molar-refractivity contribution in [2.45, 2.75) is 17.7 Å². The van der Waals surface area contributed by atoms with E-state index in [-0.39, 0.29) is 21.0 Å². The van der Waals surface area contributed by atoms with Crippen LogP contribution in [0.3, 0.4) is 0 Å². The first-order valence-corrected chi connectivity index (χ1v) is 10.0. The molecule has 1 aliphatic heterocycles. The van der Waals surface area contributed by atoms with E-state index in [2.05, 4.69) is 15.8 Å². The highest BCUT2D eigenvalue weighted by molar-refractivity contribution is 7.89. The van der Waals surface area contributed by atoms with Crippen LogP contribution in [0, 0.1) is 0 Å². The summed E-state index contributed by atoms with van der Waals surface area (Å²) in [6, 6.07) is 7.04. The molecule has 0 aliphatic carbocycles. The first kappa shape index (κ1) is 19.3. The summed E-state index contributed by atoms with van der Waals surface area (Å²) in [5, 5.41) is 0.0727. The smallest absolute Gasteiger partial charge is 0.267 e. The first-order chi connectivity index (χ1) is 12.9. The maximum Gasteiger partial charge on any atom is 0.271 e. The summed E-state index contributed by atoms with van der Waals surface area (Å²) < 4.78 is 26.7. The molecule has 1 saturated heterocycles. The van der Waals surface area contributed by atoms with E-state index in [1.54, 1.807) is 6.07 Å². The number of carbonyl (C=O) groups is 2. The molecule has 1 fully saturated rings. The van der Waals surface area contributed by atoms with Crippen LogP contribution in [-0.4, -0.2) is 42.6 Å². The second-order valence-corrected chi connectivity index (χ2v) is 8.25. The van der Waals surface area contributed by atoms with Crippen LogP contribution in [0.15, 0.2) is 47.6 Å². The van der Waals surface area contributed by atoms with Crippen molar-refractivity contribution in [1.82, 2.24) is 20.1 Å². The standard InChI is InChI=1S/C17H17ClN4O4S/c18-15-6-5-13(27(25,26)22-8-1-2-9-22)10-14(15)17(24)21-20-16(23)12-4-3-7-19-11-12/h3-7,10-11H,1-2,8-9H2,(H,20,23)(H,21,24). The SMILES string of the molecule is O=C(NNC(=O)c1cc(S(=O)(=O)N2CCCC2)ccc1Cl)c1cccnc1. The second-order valence-electron chi connectivity index (χ2n) is 5.90. The van der Waals surface area contributed by atoms with Gasteiger partial charge in [0.25, 0.3) is 11.8 Å². The number of aromatic nitrogens is 1. The Morgan fingerprint density at radius 2 is 1.78 bits per heavy atom. The zero-order chi connectivity index (χ0) is 19.4. The summed E-state index contributed by atoms with van der Waals surface area (Å²) in [5.74, 6) is -1.29. The molecule has 0 radical (unpaired) electrons. The third-order valence-electron chi connectivity index (χ3n) is 4.10. The largest absolute Gasteiger partial charge is 0.271 e. The van der Waals surface area contributed by atoms with Gasteiger partial charge in [0.1, 0.15) is 0 Å². The van der Waals surface area contributed by atoms with Crippen molar-refractivity contribution in [3.8, 4) is 0 Å². The molecular weight excluding hydrogens is 392 g/mol. The molecule has 0 bridgehead atoms. The zero-order valence-corrected chi connectivity index (χ0v) is 15.8. The predicted octanol–water partition coefficient (Wildman–Crippen LogP) is 1.59. The molecule has 27 heavy (non-hydrogen) atoms. The molecule has 0 saturated carbocycles. The van der Waals surface area contributed by atoms with Gasteiger partial charge >= 0.3 is 0 Å². The van der Waals surface area contributed by atoms with Crippen LogP contribution in [-0.2, 0) is 10.0 Å². The number of carbonyl (C=O) groups excluding carboxylic acids is 2. The molecule has 2 N–H and O–H groups in total. The molecule has 0 unspecified atom stereocenters. The molecule has 2 aromatic rings. The molecule has 1 aliphatic rings. The molecule has 2 amide bonds. The third kappa shape index (κ3) is 4.26. The van der Waals surface area contributed by atoms with Gasteiger partial charge in [0, 0.05) is 25.5 Å². The summed E-state index contributed by atoms with van der Waals surface area (Å²) in [6.07, 6.45) is 4.47. The van der Waals surface area contributed by atoms with Crippen LogP contribution in [0.1, 0.15) is 33.6 Å². The van der Waals surface area contributed by atoms with E-state index >= 15 is 0 Å². The quantitative estimate of drug-likeness (QED) is 0.747. The third-order valence-corrected chi connectivity index (χ3v) is 6.32. The highest BCUT2D eigenvalue weighted by Crippen LogP contribution is 2.25. The monoisotopic (exact) mass is 408 g/mol. The number of halogens is 1. The summed E-state index contributed by atoms with van der Waals surface area (Å²) >= 11 is 6.04. The summed E-state index contributed by atoms with van der Waals surface area (Å²) in [7, 11) is -3.69. The number of benzene rings is 1. The molecule has 1 aromatic heterocycles. The topological polar surface area (TPSA) is 108 Å². The van der Waals surface area contributed by atoms with E-state index in [1.165, 1.54) is 41.0 Å². The number of sulfonamides is 1. The number of amides is 2. The van der Waals surface area contributed by atoms with Crippen molar-refractivity contribution in [3.05, 3.63) is 58.9 Å². The van der Waals surface area contributed by atoms with Gasteiger partial charge in [-0.2, -0.15) is 4.31 Å². The van der Waals surface area contributed by atoms with Gasteiger partial charge < -0.3 is 0 Å². The lowest BCUT2D eigenvalue weighted by Crippen LogP contribution is -2.41. The number of hydrogen-bond donors (Lipinski definition) is 2. The van der Waals surface area contributed by atoms with Crippen LogP contribution >= 0.6 is 11.6 Å². The van der Waals surface area contributed by atoms with Gasteiger partial charge in [-0.05, 0) is 43.2 Å². The van der Waals surface area contributed by atoms with Crippen molar-refractivity contribution < 1.29 is 18.0 Å². The van der Waals surface area contributed by atoms with Gasteiger partial charge in [-0.25, -0.2) is 8.42 Å². The Bertz CT molecular complexity index is 960. The number of rotatable bonds is 4. The van der Waals surface area contributed by atoms with E-state index in [9.17, 15) is 18.0 Å². The van der Waals surface area contributed by atoms with Crippen molar-refractivity contribution in [2.24, 2.45) is 0 Å². The lowest BCUT2D eigenvalue weighted by atomic mass is 10.2. The molecule has 0 atom stereocenters. The van der Waals surface area contributed by atoms with Crippen LogP contribution < -0.4 is 10.9 Å². The normalized spacial score (nSPS) is 14.7. The van der Waals surface area contributed by atoms with E-state index < -0.39 is 21.8 Å². The average Bonchev–Trinajstić information content (AvgIpc) is 3.22. The minimum absolute atomic E-state index is 0.0162. The maximum absolute atomic E-state index is 12.6. The van der Waals surface area contributed by atoms with Crippen molar-refractivity contribution in [1.29, 1.82) is 0 Å². The molecule has 3 rings (SSSR count). The molecular formula is C17H17ClN4O4S. The van der Waals surface area contributed by atoms with Crippen LogP contribution in [0.5, 0.6) is 0 Å². The summed E-state index contributed by atoms with van der Waals surface area (Å²) in [4.78, 5) is 28.1. The van der Waals surface area contributed by atoms with Crippen molar-refractivity contribution in [3.63, 3.8) is 0 Å². The van der Waals surface area contributed by atoms with Crippen molar-refractivity contribution >= 4 is 33.4 Å².